The predicted octanol–water partition coefficient (Wildman–Crippen LogP) is 3.01. The van der Waals surface area contributed by atoms with Crippen LogP contribution in [-0.4, -0.2) is 53.5 Å². The van der Waals surface area contributed by atoms with Crippen LogP contribution in [0.4, 0.5) is 16.2 Å². The number of rotatable bonds is 8. The Morgan fingerprint density at radius 1 is 1.03 bits per heavy atom. The van der Waals surface area contributed by atoms with Crippen molar-refractivity contribution in [3.8, 4) is 0 Å². The van der Waals surface area contributed by atoms with E-state index < -0.39 is 5.97 Å². The van der Waals surface area contributed by atoms with Gasteiger partial charge in [0, 0.05) is 31.0 Å². The minimum atomic E-state index is -0.964. The number of carbonyl (C=O) groups excluding carboxylic acids is 3. The second-order valence-electron chi connectivity index (χ2n) is 8.38. The van der Waals surface area contributed by atoms with E-state index >= 15 is 0 Å². The van der Waals surface area contributed by atoms with Crippen LogP contribution in [0.25, 0.3) is 0 Å². The first-order chi connectivity index (χ1) is 16.3. The molecule has 4 N–H and O–H groups in total. The van der Waals surface area contributed by atoms with Gasteiger partial charge >= 0.3 is 12.0 Å². The van der Waals surface area contributed by atoms with E-state index in [2.05, 4.69) is 16.0 Å². The van der Waals surface area contributed by atoms with Gasteiger partial charge in [-0.15, -0.1) is 0 Å². The number of nitrogens with one attached hydrogen (secondary N) is 3. The zero-order valence-electron chi connectivity index (χ0n) is 19.2. The highest BCUT2D eigenvalue weighted by Crippen LogP contribution is 2.19. The number of carboxylic acids is 1. The number of urea groups is 1. The summed E-state index contributed by atoms with van der Waals surface area (Å²) < 4.78 is 0. The molecule has 2 aromatic carbocycles. The summed E-state index contributed by atoms with van der Waals surface area (Å²) in [5, 5.41) is 16.9. The molecule has 180 valence electrons. The van der Waals surface area contributed by atoms with E-state index in [4.69, 9.17) is 5.11 Å². The van der Waals surface area contributed by atoms with Gasteiger partial charge in [0.1, 0.15) is 0 Å². The van der Waals surface area contributed by atoms with E-state index in [9.17, 15) is 19.2 Å². The number of benzene rings is 2. The van der Waals surface area contributed by atoms with Crippen molar-refractivity contribution in [3.05, 3.63) is 59.7 Å². The first-order valence-corrected chi connectivity index (χ1v) is 11.3. The summed E-state index contributed by atoms with van der Waals surface area (Å²) in [6.45, 7) is 2.92. The van der Waals surface area contributed by atoms with E-state index in [0.29, 0.717) is 25.2 Å². The van der Waals surface area contributed by atoms with Gasteiger partial charge in [0.15, 0.2) is 0 Å². The zero-order chi connectivity index (χ0) is 24.5. The molecular formula is C25H30N4O5. The van der Waals surface area contributed by atoms with Gasteiger partial charge < -0.3 is 26.0 Å². The van der Waals surface area contributed by atoms with Crippen LogP contribution in [0, 0.1) is 12.8 Å². The van der Waals surface area contributed by atoms with Crippen LogP contribution < -0.4 is 16.0 Å². The van der Waals surface area contributed by atoms with Crippen molar-refractivity contribution in [1.82, 2.24) is 10.2 Å². The standard InChI is InChI=1S/C25H30N4O5/c1-17-5-2-3-7-21(17)28-25(34)27-20-10-8-18(9-11-20)15-22(30)29-14-4-6-19(16-29)24(33)26-13-12-23(31)32/h2-3,5,7-11,19H,4,6,12-16H2,1H3,(H,26,33)(H,31,32)(H2,27,28,34)/t19-/m1/s1. The highest BCUT2D eigenvalue weighted by molar-refractivity contribution is 6.00. The van der Waals surface area contributed by atoms with Gasteiger partial charge in [-0.3, -0.25) is 14.4 Å². The Labute approximate surface area is 198 Å². The number of piperidine rings is 1. The quantitative estimate of drug-likeness (QED) is 0.476. The molecule has 0 unspecified atom stereocenters. The van der Waals surface area contributed by atoms with Crippen molar-refractivity contribution in [2.24, 2.45) is 5.92 Å². The van der Waals surface area contributed by atoms with Gasteiger partial charge in [-0.05, 0) is 49.1 Å². The molecule has 1 aliphatic rings. The number of hydrogen-bond donors (Lipinski definition) is 4. The lowest BCUT2D eigenvalue weighted by Crippen LogP contribution is -2.46. The number of carboxylic acid groups (broad SMARTS) is 1. The van der Waals surface area contributed by atoms with Crippen LogP contribution in [0.5, 0.6) is 0 Å². The average Bonchev–Trinajstić information content (AvgIpc) is 2.81. The second-order valence-corrected chi connectivity index (χ2v) is 8.38. The molecular weight excluding hydrogens is 436 g/mol. The number of anilines is 2. The molecule has 0 aromatic heterocycles. The van der Waals surface area contributed by atoms with Crippen LogP contribution in [0.15, 0.2) is 48.5 Å². The Bertz CT molecular complexity index is 1040. The Morgan fingerprint density at radius 3 is 2.47 bits per heavy atom. The van der Waals surface area contributed by atoms with E-state index in [0.717, 1.165) is 23.2 Å². The number of para-hydroxylation sites is 1. The molecule has 0 aliphatic carbocycles. The molecule has 0 radical (unpaired) electrons. The zero-order valence-corrected chi connectivity index (χ0v) is 19.2. The molecule has 34 heavy (non-hydrogen) atoms. The largest absolute Gasteiger partial charge is 0.481 e. The first-order valence-electron chi connectivity index (χ1n) is 11.3. The number of amides is 4. The number of nitrogens with zero attached hydrogens (tertiary/aromatic N) is 1. The maximum absolute atomic E-state index is 12.8. The molecule has 3 rings (SSSR count). The van der Waals surface area contributed by atoms with E-state index in [1.165, 1.54) is 0 Å². The maximum atomic E-state index is 12.8. The Kier molecular flexibility index (Phi) is 8.61. The molecule has 4 amide bonds. The number of carbonyl (C=O) groups is 4. The maximum Gasteiger partial charge on any atom is 0.323 e. The Balaban J connectivity index is 1.48. The normalized spacial score (nSPS) is 15.3. The van der Waals surface area contributed by atoms with Crippen molar-refractivity contribution in [3.63, 3.8) is 0 Å². The summed E-state index contributed by atoms with van der Waals surface area (Å²) in [5.41, 5.74) is 3.11. The average molecular weight is 467 g/mol. The lowest BCUT2D eigenvalue weighted by molar-refractivity contribution is -0.137. The molecule has 0 bridgehead atoms. The molecule has 9 nitrogen and oxygen atoms in total. The summed E-state index contributed by atoms with van der Waals surface area (Å²) in [6, 6.07) is 14.2. The van der Waals surface area contributed by atoms with Gasteiger partial charge in [-0.25, -0.2) is 4.79 Å². The lowest BCUT2D eigenvalue weighted by atomic mass is 9.96. The third-order valence-corrected chi connectivity index (χ3v) is 5.74. The molecule has 1 heterocycles. The van der Waals surface area contributed by atoms with Crippen molar-refractivity contribution in [2.75, 3.05) is 30.3 Å². The van der Waals surface area contributed by atoms with Gasteiger partial charge in [0.25, 0.3) is 0 Å². The molecule has 9 heteroatoms. The third-order valence-electron chi connectivity index (χ3n) is 5.74. The van der Waals surface area contributed by atoms with E-state index in [-0.39, 0.29) is 43.1 Å². The minimum Gasteiger partial charge on any atom is -0.481 e. The van der Waals surface area contributed by atoms with Gasteiger partial charge in [0.05, 0.1) is 18.8 Å². The van der Waals surface area contributed by atoms with Crippen molar-refractivity contribution in [2.45, 2.75) is 32.6 Å². The molecule has 0 spiro atoms. The molecule has 1 saturated heterocycles. The molecule has 1 fully saturated rings. The summed E-state index contributed by atoms with van der Waals surface area (Å²) in [7, 11) is 0. The third kappa shape index (κ3) is 7.33. The fourth-order valence-corrected chi connectivity index (χ4v) is 3.84. The SMILES string of the molecule is Cc1ccccc1NC(=O)Nc1ccc(CC(=O)N2CCC[C@@H](C(=O)NCCC(=O)O)C2)cc1. The van der Waals surface area contributed by atoms with Crippen molar-refractivity contribution < 1.29 is 24.3 Å². The van der Waals surface area contributed by atoms with Crippen molar-refractivity contribution >= 4 is 35.2 Å². The van der Waals surface area contributed by atoms with E-state index in [1.807, 2.05) is 31.2 Å². The molecule has 0 saturated carbocycles. The summed E-state index contributed by atoms with van der Waals surface area (Å²) in [5.74, 6) is -1.57. The first kappa shape index (κ1) is 24.8. The Hall–Kier alpha value is -3.88. The smallest absolute Gasteiger partial charge is 0.323 e. The number of aliphatic carboxylic acids is 1. The highest BCUT2D eigenvalue weighted by atomic mass is 16.4. The van der Waals surface area contributed by atoms with Gasteiger partial charge in [-0.2, -0.15) is 0 Å². The van der Waals surface area contributed by atoms with Gasteiger partial charge in [-0.1, -0.05) is 30.3 Å². The summed E-state index contributed by atoms with van der Waals surface area (Å²) in [4.78, 5) is 49.6. The predicted molar refractivity (Wildman–Crippen MR) is 129 cm³/mol. The van der Waals surface area contributed by atoms with Crippen LogP contribution in [0.2, 0.25) is 0 Å². The highest BCUT2D eigenvalue weighted by Gasteiger charge is 2.28. The molecule has 2 aromatic rings. The fourth-order valence-electron chi connectivity index (χ4n) is 3.84. The summed E-state index contributed by atoms with van der Waals surface area (Å²) in [6.07, 6.45) is 1.47. The van der Waals surface area contributed by atoms with Crippen molar-refractivity contribution in [1.29, 1.82) is 0 Å². The van der Waals surface area contributed by atoms with Gasteiger partial charge in [0.2, 0.25) is 11.8 Å². The van der Waals surface area contributed by atoms with E-state index in [1.54, 1.807) is 29.2 Å². The topological polar surface area (TPSA) is 128 Å². The molecule has 1 atom stereocenters. The van der Waals surface area contributed by atoms with Crippen LogP contribution in [0.1, 0.15) is 30.4 Å². The summed E-state index contributed by atoms with van der Waals surface area (Å²) >= 11 is 0. The number of hydrogen-bond acceptors (Lipinski definition) is 4. The lowest BCUT2D eigenvalue weighted by Gasteiger charge is -2.32. The second kappa shape index (κ2) is 11.8. The fraction of sp³-hybridized carbons (Fsp3) is 0.360. The van der Waals surface area contributed by atoms with Crippen LogP contribution in [0.3, 0.4) is 0 Å². The number of aryl methyl sites for hydroxylation is 1. The monoisotopic (exact) mass is 466 g/mol. The number of likely N-dealkylation sites (tertiary alicyclic amines) is 1. The minimum absolute atomic E-state index is 0.0685. The Morgan fingerprint density at radius 2 is 1.76 bits per heavy atom. The van der Waals surface area contributed by atoms with Crippen LogP contribution >= 0.6 is 0 Å². The van der Waals surface area contributed by atoms with Crippen LogP contribution in [-0.2, 0) is 20.8 Å². The molecule has 1 aliphatic heterocycles.